The van der Waals surface area contributed by atoms with Crippen molar-refractivity contribution in [2.45, 2.75) is 38.2 Å². The summed E-state index contributed by atoms with van der Waals surface area (Å²) < 4.78 is 5.79. The van der Waals surface area contributed by atoms with Gasteiger partial charge in [-0.05, 0) is 54.9 Å². The fourth-order valence-electron chi connectivity index (χ4n) is 2.53. The summed E-state index contributed by atoms with van der Waals surface area (Å²) in [5.74, 6) is 1.75. The third-order valence-corrected chi connectivity index (χ3v) is 3.87. The molecule has 1 N–H and O–H groups in total. The number of aliphatic hydroxyl groups excluding tert-OH is 1. The van der Waals surface area contributed by atoms with Crippen molar-refractivity contribution in [1.29, 1.82) is 0 Å². The Kier molecular flexibility index (Phi) is 2.60. The third kappa shape index (κ3) is 1.82. The van der Waals surface area contributed by atoms with Gasteiger partial charge in [-0.15, -0.1) is 0 Å². The van der Waals surface area contributed by atoms with Crippen LogP contribution in [0.1, 0.15) is 42.9 Å². The number of hydrogen-bond acceptors (Lipinski definition) is 2. The third-order valence-electron chi connectivity index (χ3n) is 3.87. The molecule has 0 unspecified atom stereocenters. The van der Waals surface area contributed by atoms with Crippen LogP contribution in [0.3, 0.4) is 0 Å². The van der Waals surface area contributed by atoms with E-state index in [0.29, 0.717) is 0 Å². The molecule has 1 fully saturated rings. The van der Waals surface area contributed by atoms with E-state index in [1.165, 1.54) is 24.8 Å². The summed E-state index contributed by atoms with van der Waals surface area (Å²) in [5.41, 5.74) is 2.36. The number of aliphatic hydroxyl groups is 1. The maximum absolute atomic E-state index is 9.70. The molecule has 2 nitrogen and oxygen atoms in total. The number of ether oxygens (including phenoxy) is 1. The summed E-state index contributed by atoms with van der Waals surface area (Å²) in [4.78, 5) is 0. The van der Waals surface area contributed by atoms with Gasteiger partial charge in [0.2, 0.25) is 0 Å². The fourth-order valence-corrected chi connectivity index (χ4v) is 2.53. The summed E-state index contributed by atoms with van der Waals surface area (Å²) in [5, 5.41) is 9.70. The van der Waals surface area contributed by atoms with Gasteiger partial charge in [0, 0.05) is 0 Å². The van der Waals surface area contributed by atoms with E-state index in [0.717, 1.165) is 36.7 Å². The molecule has 16 heavy (non-hydrogen) atoms. The van der Waals surface area contributed by atoms with Crippen molar-refractivity contribution in [2.24, 2.45) is 5.92 Å². The van der Waals surface area contributed by atoms with Crippen LogP contribution in [0.5, 0.6) is 5.75 Å². The van der Waals surface area contributed by atoms with Gasteiger partial charge in [-0.3, -0.25) is 0 Å². The topological polar surface area (TPSA) is 29.5 Å². The normalized spacial score (nSPS) is 23.9. The maximum atomic E-state index is 9.70. The Balaban J connectivity index is 1.67. The molecule has 2 heteroatoms. The minimum absolute atomic E-state index is 0.254. The zero-order valence-corrected chi connectivity index (χ0v) is 9.48. The molecule has 2 aliphatic carbocycles. The first-order valence-electron chi connectivity index (χ1n) is 6.26. The van der Waals surface area contributed by atoms with Crippen molar-refractivity contribution < 1.29 is 9.84 Å². The number of fused-ring (bicyclic) bond motifs is 1. The molecule has 1 atom stereocenters. The minimum Gasteiger partial charge on any atom is -0.493 e. The van der Waals surface area contributed by atoms with Gasteiger partial charge >= 0.3 is 0 Å². The minimum atomic E-state index is -0.254. The van der Waals surface area contributed by atoms with Gasteiger partial charge in [0.1, 0.15) is 5.75 Å². The highest BCUT2D eigenvalue weighted by Crippen LogP contribution is 2.34. The van der Waals surface area contributed by atoms with Crippen LogP contribution in [0.2, 0.25) is 0 Å². The fraction of sp³-hybridized carbons (Fsp3) is 0.571. The Morgan fingerprint density at radius 3 is 2.88 bits per heavy atom. The highest BCUT2D eigenvalue weighted by atomic mass is 16.5. The van der Waals surface area contributed by atoms with Crippen molar-refractivity contribution in [3.8, 4) is 5.75 Å². The molecule has 1 aromatic rings. The highest BCUT2D eigenvalue weighted by molar-refractivity contribution is 5.39. The highest BCUT2D eigenvalue weighted by Gasteiger charge is 2.21. The van der Waals surface area contributed by atoms with Gasteiger partial charge in [-0.25, -0.2) is 0 Å². The molecule has 0 aromatic heterocycles. The molecule has 3 rings (SSSR count). The quantitative estimate of drug-likeness (QED) is 0.845. The number of hydrogen-bond donors (Lipinski definition) is 1. The lowest BCUT2D eigenvalue weighted by Crippen LogP contribution is -2.19. The molecule has 0 spiro atoms. The van der Waals surface area contributed by atoms with Crippen LogP contribution in [0.4, 0.5) is 0 Å². The van der Waals surface area contributed by atoms with Crippen LogP contribution in [0, 0.1) is 5.92 Å². The average molecular weight is 218 g/mol. The standard InChI is InChI=1S/C14H18O2/c15-14-7-4-11-8-12(5-6-13(11)14)16-9-10-2-1-3-10/h5-6,8,10,14-15H,1-4,7,9H2/t14-/m0/s1. The molecule has 1 aromatic carbocycles. The van der Waals surface area contributed by atoms with Crippen LogP contribution in [0.15, 0.2) is 18.2 Å². The molecule has 0 radical (unpaired) electrons. The van der Waals surface area contributed by atoms with Crippen LogP contribution in [-0.2, 0) is 6.42 Å². The van der Waals surface area contributed by atoms with Gasteiger partial charge < -0.3 is 9.84 Å². The summed E-state index contributed by atoms with van der Waals surface area (Å²) in [6.07, 6.45) is 5.60. The molecular formula is C14H18O2. The second kappa shape index (κ2) is 4.10. The van der Waals surface area contributed by atoms with E-state index in [9.17, 15) is 5.11 Å². The summed E-state index contributed by atoms with van der Waals surface area (Å²) in [7, 11) is 0. The van der Waals surface area contributed by atoms with E-state index >= 15 is 0 Å². The van der Waals surface area contributed by atoms with E-state index in [1.807, 2.05) is 12.1 Å². The zero-order chi connectivity index (χ0) is 11.0. The van der Waals surface area contributed by atoms with Gasteiger partial charge in [-0.1, -0.05) is 12.5 Å². The number of rotatable bonds is 3. The Hall–Kier alpha value is -1.02. The summed E-state index contributed by atoms with van der Waals surface area (Å²) >= 11 is 0. The lowest BCUT2D eigenvalue weighted by molar-refractivity contribution is 0.178. The Morgan fingerprint density at radius 2 is 2.12 bits per heavy atom. The van der Waals surface area contributed by atoms with E-state index in [2.05, 4.69) is 6.07 Å². The molecule has 0 amide bonds. The smallest absolute Gasteiger partial charge is 0.119 e. The molecule has 1 saturated carbocycles. The van der Waals surface area contributed by atoms with Crippen molar-refractivity contribution >= 4 is 0 Å². The number of aryl methyl sites for hydroxylation is 1. The average Bonchev–Trinajstić information content (AvgIpc) is 2.58. The van der Waals surface area contributed by atoms with Gasteiger partial charge in [-0.2, -0.15) is 0 Å². The van der Waals surface area contributed by atoms with Crippen LogP contribution in [-0.4, -0.2) is 11.7 Å². The lowest BCUT2D eigenvalue weighted by Gasteiger charge is -2.25. The first kappa shape index (κ1) is 10.2. The lowest BCUT2D eigenvalue weighted by atomic mass is 9.86. The van der Waals surface area contributed by atoms with Crippen molar-refractivity contribution in [3.05, 3.63) is 29.3 Å². The molecule has 0 bridgehead atoms. The maximum Gasteiger partial charge on any atom is 0.119 e. The first-order valence-corrected chi connectivity index (χ1v) is 6.26. The van der Waals surface area contributed by atoms with Gasteiger partial charge in [0.25, 0.3) is 0 Å². The second-order valence-corrected chi connectivity index (χ2v) is 5.02. The molecule has 0 aliphatic heterocycles. The van der Waals surface area contributed by atoms with Crippen molar-refractivity contribution in [3.63, 3.8) is 0 Å². The van der Waals surface area contributed by atoms with Gasteiger partial charge in [0.15, 0.2) is 0 Å². The largest absolute Gasteiger partial charge is 0.493 e. The predicted molar refractivity (Wildman–Crippen MR) is 62.6 cm³/mol. The van der Waals surface area contributed by atoms with Crippen LogP contribution in [0.25, 0.3) is 0 Å². The van der Waals surface area contributed by atoms with Gasteiger partial charge in [0.05, 0.1) is 12.7 Å². The van der Waals surface area contributed by atoms with E-state index in [4.69, 9.17) is 4.74 Å². The summed E-state index contributed by atoms with van der Waals surface area (Å²) in [6.45, 7) is 0.862. The molecule has 0 saturated heterocycles. The second-order valence-electron chi connectivity index (χ2n) is 5.02. The first-order chi connectivity index (χ1) is 7.83. The van der Waals surface area contributed by atoms with E-state index in [-0.39, 0.29) is 6.10 Å². The molecular weight excluding hydrogens is 200 g/mol. The SMILES string of the molecule is O[C@H]1CCc2cc(OCC3CCC3)ccc21. The molecule has 86 valence electrons. The Morgan fingerprint density at radius 1 is 1.25 bits per heavy atom. The Labute approximate surface area is 96.2 Å². The predicted octanol–water partition coefficient (Wildman–Crippen LogP) is 2.85. The van der Waals surface area contributed by atoms with E-state index < -0.39 is 0 Å². The number of benzene rings is 1. The van der Waals surface area contributed by atoms with Crippen LogP contribution < -0.4 is 4.74 Å². The van der Waals surface area contributed by atoms with Crippen molar-refractivity contribution in [2.75, 3.05) is 6.61 Å². The van der Waals surface area contributed by atoms with Crippen LogP contribution >= 0.6 is 0 Å². The molecule has 0 heterocycles. The van der Waals surface area contributed by atoms with E-state index in [1.54, 1.807) is 0 Å². The Bertz CT molecular complexity index is 382. The summed E-state index contributed by atoms with van der Waals surface area (Å²) in [6, 6.07) is 6.11. The monoisotopic (exact) mass is 218 g/mol. The zero-order valence-electron chi connectivity index (χ0n) is 9.48. The molecule has 2 aliphatic rings. The van der Waals surface area contributed by atoms with Crippen molar-refractivity contribution in [1.82, 2.24) is 0 Å².